The van der Waals surface area contributed by atoms with Crippen LogP contribution in [0.2, 0.25) is 0 Å². The summed E-state index contributed by atoms with van der Waals surface area (Å²) in [5.74, 6) is 0. The summed E-state index contributed by atoms with van der Waals surface area (Å²) in [5, 5.41) is 7.89. The number of amides is 2. The van der Waals surface area contributed by atoms with Crippen molar-refractivity contribution in [3.63, 3.8) is 0 Å². The highest BCUT2D eigenvalue weighted by Gasteiger charge is 2.12. The summed E-state index contributed by atoms with van der Waals surface area (Å²) in [6.07, 6.45) is 1.73. The maximum atomic E-state index is 11.6. The summed E-state index contributed by atoms with van der Waals surface area (Å²) in [7, 11) is 0. The van der Waals surface area contributed by atoms with Crippen molar-refractivity contribution in [2.45, 2.75) is 34.6 Å². The molecular formula is C12H19N3OS. The van der Waals surface area contributed by atoms with Gasteiger partial charge in [-0.3, -0.25) is 5.32 Å². The Kier molecular flexibility index (Phi) is 4.28. The number of thiazole rings is 1. The van der Waals surface area contributed by atoms with E-state index in [1.165, 1.54) is 11.3 Å². The molecule has 0 unspecified atom stereocenters. The van der Waals surface area contributed by atoms with Crippen LogP contribution >= 0.6 is 11.3 Å². The van der Waals surface area contributed by atoms with Gasteiger partial charge in [0.2, 0.25) is 0 Å². The zero-order chi connectivity index (χ0) is 13.1. The number of nitrogens with one attached hydrogen (secondary N) is 2. The van der Waals surface area contributed by atoms with E-state index in [9.17, 15) is 4.79 Å². The van der Waals surface area contributed by atoms with Crippen LogP contribution in [0.1, 0.15) is 33.4 Å². The van der Waals surface area contributed by atoms with E-state index in [0.29, 0.717) is 5.13 Å². The first-order valence-electron chi connectivity index (χ1n) is 5.46. The van der Waals surface area contributed by atoms with Crippen LogP contribution < -0.4 is 10.6 Å². The zero-order valence-corrected chi connectivity index (χ0v) is 11.7. The zero-order valence-electron chi connectivity index (χ0n) is 10.9. The molecule has 0 aromatic carbocycles. The van der Waals surface area contributed by atoms with Gasteiger partial charge >= 0.3 is 6.03 Å². The van der Waals surface area contributed by atoms with E-state index < -0.39 is 0 Å². The molecule has 1 heterocycles. The van der Waals surface area contributed by atoms with Crippen molar-refractivity contribution in [3.05, 3.63) is 22.8 Å². The van der Waals surface area contributed by atoms with Gasteiger partial charge in [0.1, 0.15) is 0 Å². The Hall–Kier alpha value is -1.36. The molecule has 5 heteroatoms. The lowest BCUT2D eigenvalue weighted by molar-refractivity contribution is 0.255. The minimum Gasteiger partial charge on any atom is -0.314 e. The van der Waals surface area contributed by atoms with E-state index in [1.807, 2.05) is 19.2 Å². The van der Waals surface area contributed by atoms with Gasteiger partial charge in [-0.05, 0) is 19.3 Å². The monoisotopic (exact) mass is 253 g/mol. The maximum absolute atomic E-state index is 11.6. The molecule has 1 rings (SSSR count). The minimum absolute atomic E-state index is 0.0606. The van der Waals surface area contributed by atoms with E-state index in [2.05, 4.69) is 36.4 Å². The van der Waals surface area contributed by atoms with Crippen molar-refractivity contribution in [2.75, 3.05) is 5.32 Å². The van der Waals surface area contributed by atoms with Crippen molar-refractivity contribution in [1.82, 2.24) is 10.3 Å². The highest BCUT2D eigenvalue weighted by Crippen LogP contribution is 2.23. The molecule has 0 spiro atoms. The van der Waals surface area contributed by atoms with Crippen LogP contribution in [0.3, 0.4) is 0 Å². The number of hydrogen-bond donors (Lipinski definition) is 2. The quantitative estimate of drug-likeness (QED) is 0.847. The Balaban J connectivity index is 2.51. The van der Waals surface area contributed by atoms with Crippen molar-refractivity contribution >= 4 is 22.5 Å². The average molecular weight is 253 g/mol. The van der Waals surface area contributed by atoms with Crippen LogP contribution in [0.5, 0.6) is 0 Å². The molecule has 1 aromatic rings. The fourth-order valence-electron chi connectivity index (χ4n) is 0.935. The number of aromatic nitrogens is 1. The first-order chi connectivity index (χ1) is 7.79. The second-order valence-electron chi connectivity index (χ2n) is 4.97. The number of rotatable bonds is 2. The van der Waals surface area contributed by atoms with Gasteiger partial charge in [0, 0.05) is 11.6 Å². The molecule has 0 fully saturated rings. The number of aryl methyl sites for hydroxylation is 1. The third-order valence-corrected chi connectivity index (χ3v) is 3.32. The summed E-state index contributed by atoms with van der Waals surface area (Å²) < 4.78 is 0. The third kappa shape index (κ3) is 4.56. The Labute approximate surface area is 106 Å². The van der Waals surface area contributed by atoms with Crippen LogP contribution in [-0.4, -0.2) is 11.0 Å². The highest BCUT2D eigenvalue weighted by atomic mass is 32.1. The van der Waals surface area contributed by atoms with Crippen molar-refractivity contribution in [1.29, 1.82) is 0 Å². The number of anilines is 1. The van der Waals surface area contributed by atoms with Gasteiger partial charge in [-0.1, -0.05) is 26.3 Å². The molecule has 94 valence electrons. The molecule has 0 aliphatic rings. The van der Waals surface area contributed by atoms with E-state index in [-0.39, 0.29) is 11.4 Å². The molecule has 0 saturated heterocycles. The molecule has 17 heavy (non-hydrogen) atoms. The van der Waals surface area contributed by atoms with Crippen LogP contribution in [0.4, 0.5) is 9.93 Å². The molecule has 4 nitrogen and oxygen atoms in total. The molecule has 0 saturated carbocycles. The van der Waals surface area contributed by atoms with E-state index in [4.69, 9.17) is 0 Å². The normalized spacial score (nSPS) is 12.4. The number of nitrogens with zero attached hydrogens (tertiary/aromatic N) is 1. The summed E-state index contributed by atoms with van der Waals surface area (Å²) in [6.45, 7) is 10.2. The Morgan fingerprint density at radius 3 is 2.59 bits per heavy atom. The second-order valence-corrected chi connectivity index (χ2v) is 5.83. The Morgan fingerprint density at radius 2 is 2.12 bits per heavy atom. The SMILES string of the molecule is C/C(=C\NC(=O)Nc1nc(C)cs1)C(C)(C)C. The van der Waals surface area contributed by atoms with E-state index in [1.54, 1.807) is 6.20 Å². The molecular weight excluding hydrogens is 234 g/mol. The van der Waals surface area contributed by atoms with Gasteiger partial charge in [0.25, 0.3) is 0 Å². The molecule has 0 aliphatic carbocycles. The molecule has 0 bridgehead atoms. The number of allylic oxidation sites excluding steroid dienone is 1. The van der Waals surface area contributed by atoms with E-state index >= 15 is 0 Å². The third-order valence-electron chi connectivity index (χ3n) is 2.44. The number of urea groups is 1. The smallest absolute Gasteiger partial charge is 0.314 e. The first-order valence-corrected chi connectivity index (χ1v) is 6.34. The first kappa shape index (κ1) is 13.7. The Bertz CT molecular complexity index is 429. The lowest BCUT2D eigenvalue weighted by Gasteiger charge is -2.19. The van der Waals surface area contributed by atoms with Gasteiger partial charge in [-0.2, -0.15) is 0 Å². The molecule has 1 aromatic heterocycles. The second kappa shape index (κ2) is 5.31. The standard InChI is InChI=1S/C12H19N3OS/c1-8(12(3,4)5)6-13-10(16)15-11-14-9(2)7-17-11/h6-7H,1-5H3,(H2,13,14,15,16)/b8-6+. The summed E-state index contributed by atoms with van der Waals surface area (Å²) >= 11 is 1.41. The number of carbonyl (C=O) groups excluding carboxylic acids is 1. The number of hydrogen-bond acceptors (Lipinski definition) is 3. The average Bonchev–Trinajstić information content (AvgIpc) is 2.58. The molecule has 0 aliphatic heterocycles. The fraction of sp³-hybridized carbons (Fsp3) is 0.500. The summed E-state index contributed by atoms with van der Waals surface area (Å²) in [4.78, 5) is 15.7. The van der Waals surface area contributed by atoms with Crippen LogP contribution in [0.25, 0.3) is 0 Å². The van der Waals surface area contributed by atoms with Crippen molar-refractivity contribution in [3.8, 4) is 0 Å². The summed E-state index contributed by atoms with van der Waals surface area (Å²) in [6, 6.07) is -0.261. The highest BCUT2D eigenvalue weighted by molar-refractivity contribution is 7.13. The predicted molar refractivity (Wildman–Crippen MR) is 72.2 cm³/mol. The molecule has 2 N–H and O–H groups in total. The predicted octanol–water partition coefficient (Wildman–Crippen LogP) is 3.52. The van der Waals surface area contributed by atoms with Gasteiger partial charge in [0.05, 0.1) is 5.69 Å². The molecule has 0 radical (unpaired) electrons. The van der Waals surface area contributed by atoms with Crippen LogP contribution in [0.15, 0.2) is 17.2 Å². The molecule has 2 amide bonds. The van der Waals surface area contributed by atoms with Gasteiger partial charge in [-0.25, -0.2) is 9.78 Å². The Morgan fingerprint density at radius 1 is 1.47 bits per heavy atom. The summed E-state index contributed by atoms with van der Waals surface area (Å²) in [5.41, 5.74) is 2.08. The van der Waals surface area contributed by atoms with Crippen molar-refractivity contribution in [2.24, 2.45) is 5.41 Å². The largest absolute Gasteiger partial charge is 0.325 e. The lowest BCUT2D eigenvalue weighted by Crippen LogP contribution is -2.25. The number of carbonyl (C=O) groups is 1. The molecule has 0 atom stereocenters. The lowest BCUT2D eigenvalue weighted by atomic mass is 9.88. The van der Waals surface area contributed by atoms with Crippen LogP contribution in [-0.2, 0) is 0 Å². The fourth-order valence-corrected chi connectivity index (χ4v) is 1.62. The maximum Gasteiger partial charge on any atom is 0.325 e. The van der Waals surface area contributed by atoms with Crippen molar-refractivity contribution < 1.29 is 4.79 Å². The van der Waals surface area contributed by atoms with Gasteiger partial charge < -0.3 is 5.32 Å². The topological polar surface area (TPSA) is 54.0 Å². The minimum atomic E-state index is -0.261. The van der Waals surface area contributed by atoms with Gasteiger partial charge in [0.15, 0.2) is 5.13 Å². The van der Waals surface area contributed by atoms with E-state index in [0.717, 1.165) is 11.3 Å². The van der Waals surface area contributed by atoms with Gasteiger partial charge in [-0.15, -0.1) is 11.3 Å². The van der Waals surface area contributed by atoms with Crippen LogP contribution in [0, 0.1) is 12.3 Å².